The van der Waals surface area contributed by atoms with Crippen molar-refractivity contribution in [3.63, 3.8) is 0 Å². The zero-order chi connectivity index (χ0) is 13.3. The van der Waals surface area contributed by atoms with Crippen molar-refractivity contribution < 1.29 is 9.53 Å². The molecule has 2 N–H and O–H groups in total. The second-order valence-electron chi connectivity index (χ2n) is 4.00. The lowest BCUT2D eigenvalue weighted by Crippen LogP contribution is -2.25. The Morgan fingerprint density at radius 2 is 2.22 bits per heavy atom. The average molecular weight is 264 g/mol. The van der Waals surface area contributed by atoms with Gasteiger partial charge in [0.05, 0.1) is 18.2 Å². The topological polar surface area (TPSA) is 55.6 Å². The van der Waals surface area contributed by atoms with Crippen molar-refractivity contribution in [2.24, 2.45) is 0 Å². The normalized spacial score (nSPS) is 10.6. The number of rotatable bonds is 3. The number of methoxy groups -OCH3 is 1. The van der Waals surface area contributed by atoms with Crippen molar-refractivity contribution in [2.75, 3.05) is 26.4 Å². The van der Waals surface area contributed by atoms with Gasteiger partial charge in [0.2, 0.25) is 0 Å². The first-order chi connectivity index (χ1) is 8.60. The van der Waals surface area contributed by atoms with Crippen LogP contribution < -0.4 is 10.5 Å². The molecule has 18 heavy (non-hydrogen) atoms. The minimum absolute atomic E-state index is 0.0433. The van der Waals surface area contributed by atoms with Gasteiger partial charge in [0.1, 0.15) is 10.6 Å². The van der Waals surface area contributed by atoms with E-state index < -0.39 is 0 Å². The van der Waals surface area contributed by atoms with Crippen molar-refractivity contribution in [1.29, 1.82) is 0 Å². The van der Waals surface area contributed by atoms with Gasteiger partial charge in [-0.25, -0.2) is 0 Å². The van der Waals surface area contributed by atoms with Crippen molar-refractivity contribution in [3.05, 3.63) is 23.1 Å². The van der Waals surface area contributed by atoms with Crippen LogP contribution in [0.15, 0.2) is 18.2 Å². The molecule has 0 atom stereocenters. The van der Waals surface area contributed by atoms with E-state index in [2.05, 4.69) is 0 Å². The Bertz CT molecular complexity index is 592. The number of fused-ring (bicyclic) bond motifs is 1. The molecule has 0 saturated heterocycles. The number of ether oxygens (including phenoxy) is 1. The van der Waals surface area contributed by atoms with Gasteiger partial charge in [-0.05, 0) is 19.1 Å². The Morgan fingerprint density at radius 3 is 2.83 bits per heavy atom. The Hall–Kier alpha value is -1.75. The molecule has 5 heteroatoms. The molecule has 0 unspecified atom stereocenters. The molecule has 4 nitrogen and oxygen atoms in total. The zero-order valence-corrected chi connectivity index (χ0v) is 11.5. The minimum Gasteiger partial charge on any atom is -0.496 e. The highest BCUT2D eigenvalue weighted by molar-refractivity contribution is 7.21. The minimum atomic E-state index is -0.0433. The Kier molecular flexibility index (Phi) is 3.43. The second-order valence-corrected chi connectivity index (χ2v) is 5.05. The maximum atomic E-state index is 12.2. The first-order valence-corrected chi connectivity index (χ1v) is 6.52. The number of nitrogens with two attached hydrogens (primary N) is 1. The number of carbonyl (C=O) groups excluding carboxylic acids is 1. The predicted octanol–water partition coefficient (Wildman–Crippen LogP) is 2.58. The molecule has 1 aromatic carbocycles. The number of thiophene rings is 1. The highest BCUT2D eigenvalue weighted by Crippen LogP contribution is 2.39. The average Bonchev–Trinajstić information content (AvgIpc) is 2.74. The van der Waals surface area contributed by atoms with E-state index in [0.717, 1.165) is 10.1 Å². The molecule has 96 valence electrons. The van der Waals surface area contributed by atoms with Crippen molar-refractivity contribution in [3.8, 4) is 5.75 Å². The molecule has 1 amide bonds. The van der Waals surface area contributed by atoms with Crippen LogP contribution >= 0.6 is 11.3 Å². The van der Waals surface area contributed by atoms with E-state index >= 15 is 0 Å². The summed E-state index contributed by atoms with van der Waals surface area (Å²) >= 11 is 1.41. The van der Waals surface area contributed by atoms with Crippen LogP contribution in [0, 0.1) is 0 Å². The molecular formula is C13H16N2O2S. The summed E-state index contributed by atoms with van der Waals surface area (Å²) in [7, 11) is 3.37. The van der Waals surface area contributed by atoms with Gasteiger partial charge in [-0.15, -0.1) is 11.3 Å². The fourth-order valence-corrected chi connectivity index (χ4v) is 2.92. The molecule has 0 bridgehead atoms. The molecule has 0 radical (unpaired) electrons. The van der Waals surface area contributed by atoms with E-state index in [4.69, 9.17) is 10.5 Å². The van der Waals surface area contributed by atoms with Gasteiger partial charge in [-0.3, -0.25) is 4.79 Å². The summed E-state index contributed by atoms with van der Waals surface area (Å²) in [6.45, 7) is 2.59. The summed E-state index contributed by atoms with van der Waals surface area (Å²) in [6, 6.07) is 5.69. The van der Waals surface area contributed by atoms with Crippen molar-refractivity contribution in [1.82, 2.24) is 4.90 Å². The summed E-state index contributed by atoms with van der Waals surface area (Å²) in [5.41, 5.74) is 6.60. The predicted molar refractivity (Wildman–Crippen MR) is 75.4 cm³/mol. The van der Waals surface area contributed by atoms with E-state index in [-0.39, 0.29) is 5.91 Å². The van der Waals surface area contributed by atoms with Gasteiger partial charge in [0.25, 0.3) is 5.91 Å². The molecule has 0 fully saturated rings. The summed E-state index contributed by atoms with van der Waals surface area (Å²) in [5.74, 6) is 0.665. The van der Waals surface area contributed by atoms with Crippen molar-refractivity contribution in [2.45, 2.75) is 6.92 Å². The smallest absolute Gasteiger partial charge is 0.265 e. The summed E-state index contributed by atoms with van der Waals surface area (Å²) in [6.07, 6.45) is 0. The molecule has 0 aliphatic rings. The molecule has 0 saturated carbocycles. The fourth-order valence-electron chi connectivity index (χ4n) is 1.79. The third-order valence-corrected chi connectivity index (χ3v) is 4.11. The number of anilines is 1. The Morgan fingerprint density at radius 1 is 1.50 bits per heavy atom. The monoisotopic (exact) mass is 264 g/mol. The molecule has 2 rings (SSSR count). The van der Waals surface area contributed by atoms with E-state index in [1.54, 1.807) is 19.1 Å². The number of nitrogen functional groups attached to an aromatic ring is 1. The molecule has 1 aromatic heterocycles. The molecule has 0 aliphatic heterocycles. The van der Waals surface area contributed by atoms with Gasteiger partial charge in [-0.2, -0.15) is 0 Å². The van der Waals surface area contributed by atoms with E-state index in [0.29, 0.717) is 22.9 Å². The van der Waals surface area contributed by atoms with Crippen LogP contribution in [-0.4, -0.2) is 31.5 Å². The maximum absolute atomic E-state index is 12.2. The van der Waals surface area contributed by atoms with Crippen LogP contribution in [-0.2, 0) is 0 Å². The number of hydrogen-bond acceptors (Lipinski definition) is 4. The summed E-state index contributed by atoms with van der Waals surface area (Å²) in [5, 5.41) is 0.831. The third-order valence-electron chi connectivity index (χ3n) is 2.95. The highest BCUT2D eigenvalue weighted by Gasteiger charge is 2.20. The van der Waals surface area contributed by atoms with E-state index in [9.17, 15) is 4.79 Å². The van der Waals surface area contributed by atoms with Crippen LogP contribution in [0.25, 0.3) is 10.1 Å². The molecule has 0 aliphatic carbocycles. The Labute approximate surface area is 110 Å². The van der Waals surface area contributed by atoms with Gasteiger partial charge in [0, 0.05) is 18.3 Å². The standard InChI is InChI=1S/C13H16N2O2S/c1-4-15(2)13(16)12-11(14)10-8(17-3)6-5-7-9(10)18-12/h5-7H,4,14H2,1-3H3. The fraction of sp³-hybridized carbons (Fsp3) is 0.308. The van der Waals surface area contributed by atoms with Gasteiger partial charge in [0.15, 0.2) is 0 Å². The van der Waals surface area contributed by atoms with Crippen LogP contribution in [0.4, 0.5) is 5.69 Å². The number of nitrogens with zero attached hydrogens (tertiary/aromatic N) is 1. The number of amides is 1. The lowest BCUT2D eigenvalue weighted by molar-refractivity contribution is 0.0808. The van der Waals surface area contributed by atoms with E-state index in [1.807, 2.05) is 25.1 Å². The number of benzene rings is 1. The first-order valence-electron chi connectivity index (χ1n) is 5.70. The third kappa shape index (κ3) is 1.90. The lowest BCUT2D eigenvalue weighted by atomic mass is 10.2. The summed E-state index contributed by atoms with van der Waals surface area (Å²) in [4.78, 5) is 14.4. The number of carbonyl (C=O) groups is 1. The number of hydrogen-bond donors (Lipinski definition) is 1. The first kappa shape index (κ1) is 12.7. The van der Waals surface area contributed by atoms with Gasteiger partial charge in [-0.1, -0.05) is 6.07 Å². The molecule has 2 aromatic rings. The van der Waals surface area contributed by atoms with Gasteiger partial charge >= 0.3 is 0 Å². The van der Waals surface area contributed by atoms with Crippen LogP contribution in [0.1, 0.15) is 16.6 Å². The SMILES string of the molecule is CCN(C)C(=O)c1sc2cccc(OC)c2c1N. The molecule has 1 heterocycles. The van der Waals surface area contributed by atoms with Crippen molar-refractivity contribution >= 4 is 33.0 Å². The van der Waals surface area contributed by atoms with E-state index in [1.165, 1.54) is 11.3 Å². The second kappa shape index (κ2) is 4.86. The lowest BCUT2D eigenvalue weighted by Gasteiger charge is -2.13. The van der Waals surface area contributed by atoms with Gasteiger partial charge < -0.3 is 15.4 Å². The van der Waals surface area contributed by atoms with Crippen LogP contribution in [0.5, 0.6) is 5.75 Å². The molecule has 0 spiro atoms. The largest absolute Gasteiger partial charge is 0.496 e. The molecular weight excluding hydrogens is 248 g/mol. The maximum Gasteiger partial charge on any atom is 0.265 e. The zero-order valence-electron chi connectivity index (χ0n) is 10.7. The Balaban J connectivity index is 2.61. The van der Waals surface area contributed by atoms with Crippen LogP contribution in [0.3, 0.4) is 0 Å². The summed E-state index contributed by atoms with van der Waals surface area (Å²) < 4.78 is 6.26. The quantitative estimate of drug-likeness (QED) is 0.927. The van der Waals surface area contributed by atoms with Crippen LogP contribution in [0.2, 0.25) is 0 Å². The highest BCUT2D eigenvalue weighted by atomic mass is 32.1.